The van der Waals surface area contributed by atoms with Gasteiger partial charge < -0.3 is 4.74 Å². The van der Waals surface area contributed by atoms with E-state index in [1.54, 1.807) is 0 Å². The molecular formula is C18H24N2O. The van der Waals surface area contributed by atoms with E-state index in [-0.39, 0.29) is 0 Å². The first kappa shape index (κ1) is 14.5. The number of hydrazine groups is 1. The Balaban J connectivity index is 1.72. The van der Waals surface area contributed by atoms with E-state index in [4.69, 9.17) is 10.6 Å². The highest BCUT2D eigenvalue weighted by Gasteiger charge is 2.19. The van der Waals surface area contributed by atoms with Gasteiger partial charge in [-0.2, -0.15) is 0 Å². The molecule has 1 fully saturated rings. The Morgan fingerprint density at radius 1 is 1.10 bits per heavy atom. The number of ether oxygens (including phenoxy) is 1. The molecule has 112 valence electrons. The molecule has 0 amide bonds. The van der Waals surface area contributed by atoms with Crippen LogP contribution in [0.15, 0.2) is 42.5 Å². The fourth-order valence-electron chi connectivity index (χ4n) is 3.33. The Morgan fingerprint density at radius 2 is 1.86 bits per heavy atom. The van der Waals surface area contributed by atoms with E-state index in [1.165, 1.54) is 16.3 Å². The van der Waals surface area contributed by atoms with Crippen LogP contribution < -0.4 is 11.3 Å². The van der Waals surface area contributed by atoms with Gasteiger partial charge in [0.2, 0.25) is 0 Å². The van der Waals surface area contributed by atoms with Crippen molar-refractivity contribution in [1.82, 2.24) is 5.43 Å². The van der Waals surface area contributed by atoms with Crippen molar-refractivity contribution in [1.29, 1.82) is 0 Å². The first-order valence-corrected chi connectivity index (χ1v) is 7.87. The van der Waals surface area contributed by atoms with Gasteiger partial charge in [-0.25, -0.2) is 0 Å². The maximum absolute atomic E-state index is 5.80. The van der Waals surface area contributed by atoms with Gasteiger partial charge in [-0.1, -0.05) is 42.5 Å². The van der Waals surface area contributed by atoms with Gasteiger partial charge in [-0.15, -0.1) is 0 Å². The highest BCUT2D eigenvalue weighted by molar-refractivity contribution is 5.85. The lowest BCUT2D eigenvalue weighted by molar-refractivity contribution is 0.0606. The molecule has 1 atom stereocenters. The molecule has 0 aliphatic carbocycles. The molecule has 2 aromatic carbocycles. The minimum Gasteiger partial charge on any atom is -0.381 e. The van der Waals surface area contributed by atoms with Crippen molar-refractivity contribution >= 4 is 10.8 Å². The topological polar surface area (TPSA) is 47.3 Å². The standard InChI is InChI=1S/C18H24N2O/c19-20-17(12-14-8-10-21-11-9-14)13-16-6-3-5-15-4-1-2-7-18(15)16/h1-7,14,17,20H,8-13,19H2. The third-order valence-electron chi connectivity index (χ3n) is 4.54. The molecule has 1 heterocycles. The highest BCUT2D eigenvalue weighted by Crippen LogP contribution is 2.24. The largest absolute Gasteiger partial charge is 0.381 e. The quantitative estimate of drug-likeness (QED) is 0.655. The van der Waals surface area contributed by atoms with E-state index in [0.29, 0.717) is 6.04 Å². The Labute approximate surface area is 126 Å². The first-order chi connectivity index (χ1) is 10.4. The normalized spacial score (nSPS) is 18.0. The molecule has 2 aromatic rings. The average molecular weight is 284 g/mol. The molecule has 3 heteroatoms. The van der Waals surface area contributed by atoms with Crippen LogP contribution in [0, 0.1) is 5.92 Å². The number of hydrogen-bond donors (Lipinski definition) is 2. The Kier molecular flexibility index (Phi) is 4.86. The number of hydrogen-bond acceptors (Lipinski definition) is 3. The molecule has 3 nitrogen and oxygen atoms in total. The van der Waals surface area contributed by atoms with Crippen LogP contribution in [0.2, 0.25) is 0 Å². The maximum Gasteiger partial charge on any atom is 0.0468 e. The van der Waals surface area contributed by atoms with Crippen LogP contribution >= 0.6 is 0 Å². The summed E-state index contributed by atoms with van der Waals surface area (Å²) in [7, 11) is 0. The Morgan fingerprint density at radius 3 is 2.67 bits per heavy atom. The van der Waals surface area contributed by atoms with Crippen molar-refractivity contribution in [2.24, 2.45) is 11.8 Å². The van der Waals surface area contributed by atoms with Gasteiger partial charge in [0, 0.05) is 19.3 Å². The fourth-order valence-corrected chi connectivity index (χ4v) is 3.33. The van der Waals surface area contributed by atoms with E-state index >= 15 is 0 Å². The monoisotopic (exact) mass is 284 g/mol. The van der Waals surface area contributed by atoms with E-state index in [0.717, 1.165) is 44.8 Å². The predicted molar refractivity (Wildman–Crippen MR) is 86.9 cm³/mol. The zero-order valence-electron chi connectivity index (χ0n) is 12.4. The van der Waals surface area contributed by atoms with E-state index in [9.17, 15) is 0 Å². The molecule has 3 rings (SSSR count). The van der Waals surface area contributed by atoms with Gasteiger partial charge in [0.1, 0.15) is 0 Å². The zero-order valence-corrected chi connectivity index (χ0v) is 12.4. The molecule has 1 aliphatic rings. The smallest absolute Gasteiger partial charge is 0.0468 e. The SMILES string of the molecule is NNC(Cc1cccc2ccccc12)CC1CCOCC1. The molecule has 0 saturated carbocycles. The average Bonchev–Trinajstić information content (AvgIpc) is 2.55. The molecule has 0 aromatic heterocycles. The summed E-state index contributed by atoms with van der Waals surface area (Å²) in [5, 5.41) is 2.64. The number of fused-ring (bicyclic) bond motifs is 1. The van der Waals surface area contributed by atoms with Gasteiger partial charge in [-0.3, -0.25) is 11.3 Å². The van der Waals surface area contributed by atoms with E-state index < -0.39 is 0 Å². The van der Waals surface area contributed by atoms with Crippen LogP contribution in [0.1, 0.15) is 24.8 Å². The van der Waals surface area contributed by atoms with E-state index in [2.05, 4.69) is 47.9 Å². The summed E-state index contributed by atoms with van der Waals surface area (Å²) in [6.07, 6.45) is 4.43. The maximum atomic E-state index is 5.80. The Hall–Kier alpha value is -1.42. The molecule has 1 aliphatic heterocycles. The van der Waals surface area contributed by atoms with Gasteiger partial charge >= 0.3 is 0 Å². The molecule has 1 unspecified atom stereocenters. The van der Waals surface area contributed by atoms with Gasteiger partial charge in [0.05, 0.1) is 0 Å². The second-order valence-electron chi connectivity index (χ2n) is 6.00. The number of rotatable bonds is 5. The summed E-state index contributed by atoms with van der Waals surface area (Å²) >= 11 is 0. The van der Waals surface area contributed by atoms with Gasteiger partial charge in [0.25, 0.3) is 0 Å². The van der Waals surface area contributed by atoms with Crippen LogP contribution in [0.5, 0.6) is 0 Å². The fraction of sp³-hybridized carbons (Fsp3) is 0.444. The number of nitrogens with one attached hydrogen (secondary N) is 1. The van der Waals surface area contributed by atoms with Crippen molar-refractivity contribution in [3.8, 4) is 0 Å². The molecular weight excluding hydrogens is 260 g/mol. The molecule has 21 heavy (non-hydrogen) atoms. The predicted octanol–water partition coefficient (Wildman–Crippen LogP) is 3.03. The van der Waals surface area contributed by atoms with Gasteiger partial charge in [-0.05, 0) is 47.9 Å². The molecule has 0 spiro atoms. The lowest BCUT2D eigenvalue weighted by Crippen LogP contribution is -2.39. The van der Waals surface area contributed by atoms with Crippen molar-refractivity contribution in [2.45, 2.75) is 31.7 Å². The molecule has 3 N–H and O–H groups in total. The second kappa shape index (κ2) is 7.03. The lowest BCUT2D eigenvalue weighted by Gasteiger charge is -2.26. The number of nitrogens with two attached hydrogens (primary N) is 1. The summed E-state index contributed by atoms with van der Waals surface area (Å²) in [5.41, 5.74) is 4.40. The minimum atomic E-state index is 0.332. The van der Waals surface area contributed by atoms with Crippen LogP contribution in [0.25, 0.3) is 10.8 Å². The molecule has 1 saturated heterocycles. The molecule has 0 radical (unpaired) electrons. The number of benzene rings is 2. The van der Waals surface area contributed by atoms with Crippen molar-refractivity contribution in [3.05, 3.63) is 48.0 Å². The first-order valence-electron chi connectivity index (χ1n) is 7.87. The van der Waals surface area contributed by atoms with Crippen molar-refractivity contribution < 1.29 is 4.74 Å². The summed E-state index contributed by atoms with van der Waals surface area (Å²) in [4.78, 5) is 0. The lowest BCUT2D eigenvalue weighted by atomic mass is 9.89. The van der Waals surface area contributed by atoms with Crippen LogP contribution in [-0.4, -0.2) is 19.3 Å². The van der Waals surface area contributed by atoms with Crippen LogP contribution in [0.3, 0.4) is 0 Å². The van der Waals surface area contributed by atoms with E-state index in [1.807, 2.05) is 0 Å². The zero-order chi connectivity index (χ0) is 14.5. The summed E-state index contributed by atoms with van der Waals surface area (Å²) in [6, 6.07) is 15.4. The second-order valence-corrected chi connectivity index (χ2v) is 6.00. The summed E-state index contributed by atoms with van der Waals surface area (Å²) in [5.74, 6) is 6.53. The van der Waals surface area contributed by atoms with Crippen molar-refractivity contribution in [3.63, 3.8) is 0 Å². The van der Waals surface area contributed by atoms with Crippen LogP contribution in [0.4, 0.5) is 0 Å². The Bertz CT molecular complexity index is 573. The highest BCUT2D eigenvalue weighted by atomic mass is 16.5. The summed E-state index contributed by atoms with van der Waals surface area (Å²) < 4.78 is 5.44. The summed E-state index contributed by atoms with van der Waals surface area (Å²) in [6.45, 7) is 1.80. The minimum absolute atomic E-state index is 0.332. The van der Waals surface area contributed by atoms with Crippen molar-refractivity contribution in [2.75, 3.05) is 13.2 Å². The molecule has 0 bridgehead atoms. The third-order valence-corrected chi connectivity index (χ3v) is 4.54. The third kappa shape index (κ3) is 3.62. The van der Waals surface area contributed by atoms with Crippen LogP contribution in [-0.2, 0) is 11.2 Å². The van der Waals surface area contributed by atoms with Gasteiger partial charge in [0.15, 0.2) is 0 Å².